The number of allylic oxidation sites excluding steroid dienone is 2. The van der Waals surface area contributed by atoms with Crippen LogP contribution in [-0.2, 0) is 6.42 Å². The van der Waals surface area contributed by atoms with Crippen LogP contribution in [0.15, 0.2) is 48.0 Å². The quantitative estimate of drug-likeness (QED) is 0.557. The summed E-state index contributed by atoms with van der Waals surface area (Å²) in [5, 5.41) is 9.68. The summed E-state index contributed by atoms with van der Waals surface area (Å²) >= 11 is 0. The Morgan fingerprint density at radius 1 is 1.08 bits per heavy atom. The van der Waals surface area contributed by atoms with Gasteiger partial charge in [0.1, 0.15) is 0 Å². The maximum Gasteiger partial charge on any atom is 0.336 e. The van der Waals surface area contributed by atoms with E-state index in [-0.39, 0.29) is 5.56 Å². The standard InChI is InChI=1S/C22H24O4/c1-15(2)10-12-17-18(13-11-16-8-6-5-7-9-16)21(26-4)20(25-3)14-19(17)22(23)24/h5-11,13-14H,12H2,1-4H3,(H,23,24). The summed E-state index contributed by atoms with van der Waals surface area (Å²) in [5.41, 5.74) is 3.76. The molecule has 136 valence electrons. The highest BCUT2D eigenvalue weighted by molar-refractivity contribution is 5.93. The highest BCUT2D eigenvalue weighted by atomic mass is 16.5. The lowest BCUT2D eigenvalue weighted by atomic mass is 9.94. The minimum absolute atomic E-state index is 0.216. The van der Waals surface area contributed by atoms with Crippen molar-refractivity contribution in [1.82, 2.24) is 0 Å². The normalized spacial score (nSPS) is 10.6. The molecule has 4 heteroatoms. The number of aromatic carboxylic acids is 1. The minimum atomic E-state index is -0.988. The summed E-state index contributed by atoms with van der Waals surface area (Å²) < 4.78 is 10.9. The highest BCUT2D eigenvalue weighted by Gasteiger charge is 2.21. The zero-order chi connectivity index (χ0) is 19.1. The number of hydrogen-bond acceptors (Lipinski definition) is 3. The van der Waals surface area contributed by atoms with Gasteiger partial charge in [0.25, 0.3) is 0 Å². The predicted octanol–water partition coefficient (Wildman–Crippen LogP) is 5.08. The SMILES string of the molecule is COc1cc(C(=O)O)c(CC=C(C)C)c(C=Cc2ccccc2)c1OC. The van der Waals surface area contributed by atoms with E-state index in [0.717, 1.165) is 11.1 Å². The molecule has 0 unspecified atom stereocenters. The zero-order valence-corrected chi connectivity index (χ0v) is 15.6. The van der Waals surface area contributed by atoms with Gasteiger partial charge in [-0.2, -0.15) is 0 Å². The summed E-state index contributed by atoms with van der Waals surface area (Å²) in [4.78, 5) is 11.8. The maximum atomic E-state index is 11.8. The molecule has 0 fully saturated rings. The molecule has 26 heavy (non-hydrogen) atoms. The number of hydrogen-bond donors (Lipinski definition) is 1. The monoisotopic (exact) mass is 352 g/mol. The van der Waals surface area contributed by atoms with Crippen molar-refractivity contribution >= 4 is 18.1 Å². The van der Waals surface area contributed by atoms with Gasteiger partial charge in [-0.1, -0.05) is 54.1 Å². The number of rotatable bonds is 7. The molecule has 0 heterocycles. The van der Waals surface area contributed by atoms with E-state index in [9.17, 15) is 9.90 Å². The van der Waals surface area contributed by atoms with Crippen molar-refractivity contribution in [3.8, 4) is 11.5 Å². The smallest absolute Gasteiger partial charge is 0.336 e. The molecule has 2 rings (SSSR count). The second kappa shape index (κ2) is 8.90. The van der Waals surface area contributed by atoms with Gasteiger partial charge in [-0.05, 0) is 37.5 Å². The molecule has 4 nitrogen and oxygen atoms in total. The van der Waals surface area contributed by atoms with Crippen LogP contribution < -0.4 is 9.47 Å². The molecule has 2 aromatic carbocycles. The van der Waals surface area contributed by atoms with E-state index in [1.54, 1.807) is 7.11 Å². The maximum absolute atomic E-state index is 11.8. The fourth-order valence-corrected chi connectivity index (χ4v) is 2.70. The van der Waals surface area contributed by atoms with Crippen LogP contribution in [0.25, 0.3) is 12.2 Å². The Morgan fingerprint density at radius 2 is 1.77 bits per heavy atom. The van der Waals surface area contributed by atoms with E-state index in [4.69, 9.17) is 9.47 Å². The first-order valence-electron chi connectivity index (χ1n) is 8.35. The average Bonchev–Trinajstić information content (AvgIpc) is 2.64. The molecule has 0 bridgehead atoms. The van der Waals surface area contributed by atoms with E-state index >= 15 is 0 Å². The third-order valence-corrected chi connectivity index (χ3v) is 4.00. The average molecular weight is 352 g/mol. The minimum Gasteiger partial charge on any atom is -0.493 e. The van der Waals surface area contributed by atoms with Gasteiger partial charge in [0.05, 0.1) is 19.8 Å². The Hall–Kier alpha value is -3.01. The van der Waals surface area contributed by atoms with Crippen molar-refractivity contribution in [3.63, 3.8) is 0 Å². The lowest BCUT2D eigenvalue weighted by Gasteiger charge is -2.17. The molecule has 0 saturated carbocycles. The molecule has 0 aliphatic rings. The first kappa shape index (κ1) is 19.3. The number of carboxylic acids is 1. The van der Waals surface area contributed by atoms with Crippen molar-refractivity contribution in [2.24, 2.45) is 0 Å². The van der Waals surface area contributed by atoms with Gasteiger partial charge < -0.3 is 14.6 Å². The van der Waals surface area contributed by atoms with Crippen molar-refractivity contribution < 1.29 is 19.4 Å². The van der Waals surface area contributed by atoms with Gasteiger partial charge in [0.15, 0.2) is 11.5 Å². The van der Waals surface area contributed by atoms with Gasteiger partial charge in [0.2, 0.25) is 0 Å². The van der Waals surface area contributed by atoms with Gasteiger partial charge in [-0.15, -0.1) is 0 Å². The fourth-order valence-electron chi connectivity index (χ4n) is 2.70. The largest absolute Gasteiger partial charge is 0.493 e. The van der Waals surface area contributed by atoms with Gasteiger partial charge in [-0.3, -0.25) is 0 Å². The summed E-state index contributed by atoms with van der Waals surface area (Å²) in [7, 11) is 3.06. The second-order valence-corrected chi connectivity index (χ2v) is 6.09. The molecule has 0 radical (unpaired) electrons. The molecule has 0 atom stereocenters. The molecule has 0 aliphatic carbocycles. The van der Waals surface area contributed by atoms with Crippen LogP contribution in [0.2, 0.25) is 0 Å². The molecular formula is C22H24O4. The second-order valence-electron chi connectivity index (χ2n) is 6.09. The van der Waals surface area contributed by atoms with Crippen LogP contribution in [0.4, 0.5) is 0 Å². The Kier molecular flexibility index (Phi) is 6.61. The molecule has 0 amide bonds. The van der Waals surface area contributed by atoms with Crippen molar-refractivity contribution in [2.75, 3.05) is 14.2 Å². The van der Waals surface area contributed by atoms with E-state index in [1.807, 2.05) is 62.4 Å². The Balaban J connectivity index is 2.70. The summed E-state index contributed by atoms with van der Waals surface area (Å²) in [6, 6.07) is 11.3. The van der Waals surface area contributed by atoms with Crippen molar-refractivity contribution in [2.45, 2.75) is 20.3 Å². The van der Waals surface area contributed by atoms with Crippen LogP contribution >= 0.6 is 0 Å². The zero-order valence-electron chi connectivity index (χ0n) is 15.6. The topological polar surface area (TPSA) is 55.8 Å². The Morgan fingerprint density at radius 3 is 2.31 bits per heavy atom. The van der Waals surface area contributed by atoms with E-state index < -0.39 is 5.97 Å². The molecule has 0 aromatic heterocycles. The summed E-state index contributed by atoms with van der Waals surface area (Å²) in [6.45, 7) is 3.97. The van der Waals surface area contributed by atoms with Gasteiger partial charge >= 0.3 is 5.97 Å². The first-order chi connectivity index (χ1) is 12.5. The highest BCUT2D eigenvalue weighted by Crippen LogP contribution is 2.38. The first-order valence-corrected chi connectivity index (χ1v) is 8.35. The molecule has 0 aliphatic heterocycles. The number of methoxy groups -OCH3 is 2. The molecular weight excluding hydrogens is 328 g/mol. The Bertz CT molecular complexity index is 829. The van der Waals surface area contributed by atoms with Crippen molar-refractivity contribution in [1.29, 1.82) is 0 Å². The number of ether oxygens (including phenoxy) is 2. The van der Waals surface area contributed by atoms with Crippen molar-refractivity contribution in [3.05, 3.63) is 70.3 Å². The van der Waals surface area contributed by atoms with Crippen LogP contribution in [0.1, 0.15) is 40.9 Å². The summed E-state index contributed by atoms with van der Waals surface area (Å²) in [6.07, 6.45) is 6.33. The number of carboxylic acid groups (broad SMARTS) is 1. The lowest BCUT2D eigenvalue weighted by molar-refractivity contribution is 0.0695. The van der Waals surface area contributed by atoms with E-state index in [2.05, 4.69) is 0 Å². The third kappa shape index (κ3) is 4.54. The molecule has 2 aromatic rings. The van der Waals surface area contributed by atoms with Crippen LogP contribution in [-0.4, -0.2) is 25.3 Å². The predicted molar refractivity (Wildman–Crippen MR) is 105 cm³/mol. The third-order valence-electron chi connectivity index (χ3n) is 4.00. The van der Waals surface area contributed by atoms with Crippen LogP contribution in [0, 0.1) is 0 Å². The van der Waals surface area contributed by atoms with Crippen LogP contribution in [0.3, 0.4) is 0 Å². The molecule has 0 spiro atoms. The van der Waals surface area contributed by atoms with Crippen LogP contribution in [0.5, 0.6) is 11.5 Å². The number of carbonyl (C=O) groups is 1. The summed E-state index contributed by atoms with van der Waals surface area (Å²) in [5.74, 6) is -0.0575. The Labute approximate surface area is 154 Å². The fraction of sp³-hybridized carbons (Fsp3) is 0.227. The van der Waals surface area contributed by atoms with Gasteiger partial charge in [0, 0.05) is 5.56 Å². The molecule has 0 saturated heterocycles. The van der Waals surface area contributed by atoms with E-state index in [0.29, 0.717) is 29.0 Å². The van der Waals surface area contributed by atoms with E-state index in [1.165, 1.54) is 13.2 Å². The number of benzene rings is 2. The van der Waals surface area contributed by atoms with Gasteiger partial charge in [-0.25, -0.2) is 4.79 Å². The lowest BCUT2D eigenvalue weighted by Crippen LogP contribution is -2.07. The molecule has 1 N–H and O–H groups in total.